The maximum absolute atomic E-state index is 9.15. The van der Waals surface area contributed by atoms with E-state index in [1.165, 1.54) is 0 Å². The second-order valence-corrected chi connectivity index (χ2v) is 6.97. The number of benzene rings is 1. The molecule has 0 amide bonds. The predicted molar refractivity (Wildman–Crippen MR) is 93.8 cm³/mol. The van der Waals surface area contributed by atoms with Gasteiger partial charge in [-0.1, -0.05) is 18.2 Å². The zero-order valence-corrected chi connectivity index (χ0v) is 14.7. The van der Waals surface area contributed by atoms with Gasteiger partial charge in [-0.05, 0) is 57.3 Å². The van der Waals surface area contributed by atoms with E-state index in [-0.39, 0.29) is 11.2 Å². The van der Waals surface area contributed by atoms with Crippen molar-refractivity contribution in [2.45, 2.75) is 45.8 Å². The molecule has 5 heteroatoms. The highest BCUT2D eigenvalue weighted by Crippen LogP contribution is 2.39. The molecule has 1 fully saturated rings. The molecule has 116 valence electrons. The first-order chi connectivity index (χ1) is 10.2. The van der Waals surface area contributed by atoms with Gasteiger partial charge >= 0.3 is 7.12 Å². The summed E-state index contributed by atoms with van der Waals surface area (Å²) in [6.07, 6.45) is 2.00. The van der Waals surface area contributed by atoms with E-state index in [1.807, 2.05) is 58.9 Å². The average Bonchev–Trinajstić information content (AvgIpc) is 2.66. The number of hydrogen-bond donors (Lipinski definition) is 1. The van der Waals surface area contributed by atoms with Crippen LogP contribution >= 0.6 is 12.6 Å². The van der Waals surface area contributed by atoms with E-state index < -0.39 is 7.12 Å². The van der Waals surface area contributed by atoms with E-state index in [9.17, 15) is 0 Å². The predicted octanol–water partition coefficient (Wildman–Crippen LogP) is 3.81. The standard InChI is InChI=1S/C17H22BNO2S/c1-12-6-7-13(8-14(12)10-19)9-15(11-22)18-20-16(2,3)17(4,5)21-18/h6-9,22H,11H2,1-5H3. The quantitative estimate of drug-likeness (QED) is 0.681. The average molecular weight is 315 g/mol. The van der Waals surface area contributed by atoms with E-state index in [0.29, 0.717) is 11.3 Å². The van der Waals surface area contributed by atoms with Gasteiger partial charge < -0.3 is 9.31 Å². The zero-order chi connectivity index (χ0) is 16.5. The summed E-state index contributed by atoms with van der Waals surface area (Å²) < 4.78 is 12.1. The molecule has 2 rings (SSSR count). The summed E-state index contributed by atoms with van der Waals surface area (Å²) in [5.41, 5.74) is 2.83. The van der Waals surface area contributed by atoms with Gasteiger partial charge in [-0.25, -0.2) is 0 Å². The van der Waals surface area contributed by atoms with Gasteiger partial charge in [0.25, 0.3) is 0 Å². The minimum absolute atomic E-state index is 0.370. The largest absolute Gasteiger partial charge is 0.491 e. The number of nitrogens with zero attached hydrogens (tertiary/aromatic N) is 1. The van der Waals surface area contributed by atoms with Gasteiger partial charge in [0.1, 0.15) is 0 Å². The second-order valence-electron chi connectivity index (χ2n) is 6.65. The lowest BCUT2D eigenvalue weighted by Crippen LogP contribution is -2.41. The summed E-state index contributed by atoms with van der Waals surface area (Å²) in [6, 6.07) is 8.03. The van der Waals surface area contributed by atoms with Crippen molar-refractivity contribution in [2.24, 2.45) is 0 Å². The van der Waals surface area contributed by atoms with E-state index >= 15 is 0 Å². The number of rotatable bonds is 3. The molecule has 0 unspecified atom stereocenters. The highest BCUT2D eigenvalue weighted by atomic mass is 32.1. The van der Waals surface area contributed by atoms with Crippen LogP contribution in [0.25, 0.3) is 6.08 Å². The Balaban J connectivity index is 2.32. The third-order valence-electron chi connectivity index (χ3n) is 4.47. The molecule has 1 aromatic rings. The van der Waals surface area contributed by atoms with Crippen molar-refractivity contribution < 1.29 is 9.31 Å². The van der Waals surface area contributed by atoms with Gasteiger partial charge in [-0.2, -0.15) is 17.9 Å². The second kappa shape index (κ2) is 6.12. The molecule has 0 bridgehead atoms. The molecule has 1 saturated heterocycles. The lowest BCUT2D eigenvalue weighted by atomic mass is 9.78. The Hall–Kier alpha value is -1.22. The Morgan fingerprint density at radius 1 is 1.27 bits per heavy atom. The molecule has 0 aromatic heterocycles. The van der Waals surface area contributed by atoms with Gasteiger partial charge in [0, 0.05) is 5.75 Å². The minimum atomic E-state index is -0.408. The Labute approximate surface area is 138 Å². The molecule has 1 aliphatic heterocycles. The van der Waals surface area contributed by atoms with Crippen molar-refractivity contribution in [3.05, 3.63) is 40.4 Å². The molecule has 0 N–H and O–H groups in total. The third kappa shape index (κ3) is 3.25. The Morgan fingerprint density at radius 2 is 1.86 bits per heavy atom. The van der Waals surface area contributed by atoms with E-state index in [4.69, 9.17) is 14.6 Å². The zero-order valence-electron chi connectivity index (χ0n) is 13.8. The minimum Gasteiger partial charge on any atom is -0.400 e. The molecule has 22 heavy (non-hydrogen) atoms. The Bertz CT molecular complexity index is 631. The molecule has 1 aliphatic rings. The normalized spacial score (nSPS) is 20.0. The number of hydrogen-bond acceptors (Lipinski definition) is 4. The summed E-state index contributed by atoms with van der Waals surface area (Å²) in [5.74, 6) is 0.534. The first-order valence-electron chi connectivity index (χ1n) is 7.38. The van der Waals surface area contributed by atoms with E-state index in [1.54, 1.807) is 0 Å². The molecule has 1 heterocycles. The SMILES string of the molecule is Cc1ccc(C=C(CS)B2OC(C)(C)C(C)(C)O2)cc1C#N. The molecular formula is C17H22BNO2S. The van der Waals surface area contributed by atoms with Crippen LogP contribution in [-0.4, -0.2) is 24.1 Å². The maximum Gasteiger partial charge on any atom is 0.491 e. The van der Waals surface area contributed by atoms with Crippen molar-refractivity contribution in [1.29, 1.82) is 5.26 Å². The van der Waals surface area contributed by atoms with Crippen LogP contribution in [0.15, 0.2) is 23.7 Å². The maximum atomic E-state index is 9.15. The van der Waals surface area contributed by atoms with Crippen LogP contribution in [0.4, 0.5) is 0 Å². The highest BCUT2D eigenvalue weighted by Gasteiger charge is 2.52. The van der Waals surface area contributed by atoms with Crippen LogP contribution in [0.5, 0.6) is 0 Å². The summed E-state index contributed by atoms with van der Waals surface area (Å²) in [7, 11) is -0.408. The van der Waals surface area contributed by atoms with Crippen LogP contribution < -0.4 is 0 Å². The Morgan fingerprint density at radius 3 is 2.36 bits per heavy atom. The molecule has 0 aliphatic carbocycles. The summed E-state index contributed by atoms with van der Waals surface area (Å²) in [4.78, 5) is 0. The Kier molecular flexibility index (Phi) is 4.77. The molecular weight excluding hydrogens is 293 g/mol. The van der Waals surface area contributed by atoms with Crippen molar-refractivity contribution in [3.8, 4) is 6.07 Å². The molecule has 0 saturated carbocycles. The number of aryl methyl sites for hydroxylation is 1. The number of thiol groups is 1. The van der Waals surface area contributed by atoms with Crippen molar-refractivity contribution in [2.75, 3.05) is 5.75 Å². The fraction of sp³-hybridized carbons (Fsp3) is 0.471. The van der Waals surface area contributed by atoms with Crippen molar-refractivity contribution in [1.82, 2.24) is 0 Å². The lowest BCUT2D eigenvalue weighted by Gasteiger charge is -2.32. The van der Waals surface area contributed by atoms with Crippen LogP contribution in [0.3, 0.4) is 0 Å². The fourth-order valence-corrected chi connectivity index (χ4v) is 2.49. The van der Waals surface area contributed by atoms with Crippen LogP contribution in [0.1, 0.15) is 44.4 Å². The summed E-state index contributed by atoms with van der Waals surface area (Å²) >= 11 is 4.41. The first-order valence-corrected chi connectivity index (χ1v) is 8.01. The topological polar surface area (TPSA) is 42.2 Å². The number of nitriles is 1. The molecule has 0 spiro atoms. The van der Waals surface area contributed by atoms with Crippen molar-refractivity contribution in [3.63, 3.8) is 0 Å². The first kappa shape index (κ1) is 17.1. The fourth-order valence-electron chi connectivity index (χ4n) is 2.25. The van der Waals surface area contributed by atoms with Gasteiger partial charge in [0.15, 0.2) is 0 Å². The van der Waals surface area contributed by atoms with E-state index in [2.05, 4.69) is 18.7 Å². The van der Waals surface area contributed by atoms with Crippen LogP contribution in [0.2, 0.25) is 0 Å². The van der Waals surface area contributed by atoms with Gasteiger partial charge in [0.2, 0.25) is 0 Å². The molecule has 0 radical (unpaired) electrons. The van der Waals surface area contributed by atoms with Crippen molar-refractivity contribution >= 4 is 25.8 Å². The lowest BCUT2D eigenvalue weighted by molar-refractivity contribution is 0.00578. The van der Waals surface area contributed by atoms with E-state index in [0.717, 1.165) is 16.6 Å². The van der Waals surface area contributed by atoms with Gasteiger partial charge in [-0.3, -0.25) is 0 Å². The molecule has 3 nitrogen and oxygen atoms in total. The van der Waals surface area contributed by atoms with Crippen LogP contribution in [0, 0.1) is 18.3 Å². The summed E-state index contributed by atoms with van der Waals surface area (Å²) in [5, 5.41) is 9.15. The smallest absolute Gasteiger partial charge is 0.400 e. The van der Waals surface area contributed by atoms with Crippen LogP contribution in [-0.2, 0) is 9.31 Å². The molecule has 0 atom stereocenters. The molecule has 1 aromatic carbocycles. The monoisotopic (exact) mass is 315 g/mol. The third-order valence-corrected chi connectivity index (χ3v) is 4.84. The van der Waals surface area contributed by atoms with Gasteiger partial charge in [-0.15, -0.1) is 0 Å². The summed E-state index contributed by atoms with van der Waals surface area (Å²) in [6.45, 7) is 10.1. The highest BCUT2D eigenvalue weighted by molar-refractivity contribution is 7.80. The van der Waals surface area contributed by atoms with Gasteiger partial charge in [0.05, 0.1) is 22.8 Å².